The molecule has 1 saturated heterocycles. The minimum atomic E-state index is -0.304. The Morgan fingerprint density at radius 3 is 2.50 bits per heavy atom. The highest BCUT2D eigenvalue weighted by atomic mass is 79.9. The molecule has 1 N–H and O–H groups in total. The Balaban J connectivity index is 2.51. The Kier molecular flexibility index (Phi) is 4.45. The summed E-state index contributed by atoms with van der Waals surface area (Å²) in [6, 6.07) is 1.35. The SMILES string of the molecule is COc1cc(F)c(Br)c(C2CCNCC2)c1OC. The summed E-state index contributed by atoms with van der Waals surface area (Å²) in [5.41, 5.74) is 0.885. The molecule has 0 spiro atoms. The van der Waals surface area contributed by atoms with Crippen LogP contribution in [-0.2, 0) is 0 Å². The van der Waals surface area contributed by atoms with Crippen LogP contribution in [0.15, 0.2) is 10.5 Å². The smallest absolute Gasteiger partial charge is 0.165 e. The number of hydrogen-bond donors (Lipinski definition) is 1. The zero-order chi connectivity index (χ0) is 13.1. The van der Waals surface area contributed by atoms with Crippen LogP contribution < -0.4 is 14.8 Å². The molecule has 0 radical (unpaired) electrons. The van der Waals surface area contributed by atoms with E-state index in [0.717, 1.165) is 31.5 Å². The molecule has 0 aromatic heterocycles. The number of piperidine rings is 1. The van der Waals surface area contributed by atoms with Gasteiger partial charge in [0.2, 0.25) is 0 Å². The molecule has 0 bridgehead atoms. The number of methoxy groups -OCH3 is 2. The fourth-order valence-electron chi connectivity index (χ4n) is 2.44. The van der Waals surface area contributed by atoms with Gasteiger partial charge >= 0.3 is 0 Å². The van der Waals surface area contributed by atoms with E-state index in [1.807, 2.05) is 0 Å². The normalized spacial score (nSPS) is 16.7. The zero-order valence-corrected chi connectivity index (χ0v) is 12.1. The van der Waals surface area contributed by atoms with Crippen LogP contribution in [0, 0.1) is 5.82 Å². The maximum Gasteiger partial charge on any atom is 0.165 e. The largest absolute Gasteiger partial charge is 0.493 e. The predicted molar refractivity (Wildman–Crippen MR) is 72.0 cm³/mol. The lowest BCUT2D eigenvalue weighted by Crippen LogP contribution is -2.27. The summed E-state index contributed by atoms with van der Waals surface area (Å²) < 4.78 is 25.0. The summed E-state index contributed by atoms with van der Waals surface area (Å²) in [6.45, 7) is 1.89. The van der Waals surface area contributed by atoms with Gasteiger partial charge in [-0.25, -0.2) is 4.39 Å². The summed E-state index contributed by atoms with van der Waals surface area (Å²) in [5, 5.41) is 3.30. The van der Waals surface area contributed by atoms with E-state index in [0.29, 0.717) is 21.9 Å². The maximum atomic E-state index is 13.9. The molecule has 0 saturated carbocycles. The fraction of sp³-hybridized carbons (Fsp3) is 0.538. The van der Waals surface area contributed by atoms with Gasteiger partial charge in [-0.05, 0) is 47.8 Å². The number of benzene rings is 1. The van der Waals surface area contributed by atoms with Crippen molar-refractivity contribution in [2.75, 3.05) is 27.3 Å². The molecular formula is C13H17BrFNO2. The molecule has 2 rings (SSSR count). The van der Waals surface area contributed by atoms with Crippen molar-refractivity contribution in [3.8, 4) is 11.5 Å². The van der Waals surface area contributed by atoms with Crippen molar-refractivity contribution in [3.05, 3.63) is 21.9 Å². The van der Waals surface area contributed by atoms with Gasteiger partial charge in [0.25, 0.3) is 0 Å². The van der Waals surface area contributed by atoms with Crippen molar-refractivity contribution in [3.63, 3.8) is 0 Å². The van der Waals surface area contributed by atoms with Crippen LogP contribution in [0.2, 0.25) is 0 Å². The van der Waals surface area contributed by atoms with Gasteiger partial charge in [-0.1, -0.05) is 0 Å². The van der Waals surface area contributed by atoms with Crippen molar-refractivity contribution in [1.82, 2.24) is 5.32 Å². The maximum absolute atomic E-state index is 13.9. The van der Waals surface area contributed by atoms with Crippen LogP contribution in [0.5, 0.6) is 11.5 Å². The Labute approximate surface area is 115 Å². The lowest BCUT2D eigenvalue weighted by molar-refractivity contribution is 0.340. The minimum Gasteiger partial charge on any atom is -0.493 e. The van der Waals surface area contributed by atoms with Gasteiger partial charge in [0.05, 0.1) is 18.7 Å². The standard InChI is InChI=1S/C13H17BrFNO2/c1-17-10-7-9(15)12(14)11(13(10)18-2)8-3-5-16-6-4-8/h7-8,16H,3-6H2,1-2H3. The number of hydrogen-bond acceptors (Lipinski definition) is 3. The second kappa shape index (κ2) is 5.89. The number of halogens is 2. The van der Waals surface area contributed by atoms with Crippen LogP contribution in [0.4, 0.5) is 4.39 Å². The third kappa shape index (κ3) is 2.47. The van der Waals surface area contributed by atoms with Crippen LogP contribution in [-0.4, -0.2) is 27.3 Å². The Morgan fingerprint density at radius 1 is 1.28 bits per heavy atom. The first-order valence-corrected chi connectivity index (χ1v) is 6.79. The van der Waals surface area contributed by atoms with E-state index in [4.69, 9.17) is 9.47 Å². The minimum absolute atomic E-state index is 0.292. The van der Waals surface area contributed by atoms with Crippen molar-refractivity contribution >= 4 is 15.9 Å². The van der Waals surface area contributed by atoms with Gasteiger partial charge in [-0.3, -0.25) is 0 Å². The van der Waals surface area contributed by atoms with Gasteiger partial charge in [-0.15, -0.1) is 0 Å². The molecule has 1 aliphatic heterocycles. The Bertz CT molecular complexity index is 433. The van der Waals surface area contributed by atoms with Crippen LogP contribution in [0.1, 0.15) is 24.3 Å². The molecule has 3 nitrogen and oxygen atoms in total. The molecule has 100 valence electrons. The summed E-state index contributed by atoms with van der Waals surface area (Å²) in [4.78, 5) is 0. The first kappa shape index (κ1) is 13.6. The molecule has 0 aliphatic carbocycles. The van der Waals surface area contributed by atoms with E-state index in [2.05, 4.69) is 21.2 Å². The van der Waals surface area contributed by atoms with Gasteiger partial charge in [-0.2, -0.15) is 0 Å². The van der Waals surface area contributed by atoms with E-state index >= 15 is 0 Å². The highest BCUT2D eigenvalue weighted by molar-refractivity contribution is 9.10. The first-order valence-electron chi connectivity index (χ1n) is 5.99. The quantitative estimate of drug-likeness (QED) is 0.929. The monoisotopic (exact) mass is 317 g/mol. The number of ether oxygens (including phenoxy) is 2. The highest BCUT2D eigenvalue weighted by Gasteiger charge is 2.26. The molecule has 0 unspecified atom stereocenters. The van der Waals surface area contributed by atoms with Gasteiger partial charge in [0.15, 0.2) is 11.5 Å². The fourth-order valence-corrected chi connectivity index (χ4v) is 3.06. The highest BCUT2D eigenvalue weighted by Crippen LogP contribution is 2.44. The molecule has 1 fully saturated rings. The third-order valence-electron chi connectivity index (χ3n) is 3.34. The number of rotatable bonds is 3. The van der Waals surface area contributed by atoms with Crippen LogP contribution >= 0.6 is 15.9 Å². The molecule has 1 heterocycles. The molecule has 0 amide bonds. The summed E-state index contributed by atoms with van der Waals surface area (Å²) >= 11 is 3.34. The summed E-state index contributed by atoms with van der Waals surface area (Å²) in [6.07, 6.45) is 1.95. The lowest BCUT2D eigenvalue weighted by atomic mass is 9.89. The first-order chi connectivity index (χ1) is 8.69. The molecule has 5 heteroatoms. The second-order valence-corrected chi connectivity index (χ2v) is 5.14. The second-order valence-electron chi connectivity index (χ2n) is 4.35. The summed E-state index contributed by atoms with van der Waals surface area (Å²) in [7, 11) is 3.12. The van der Waals surface area contributed by atoms with E-state index in [1.165, 1.54) is 13.2 Å². The predicted octanol–water partition coefficient (Wildman–Crippen LogP) is 3.07. The Hall–Kier alpha value is -0.810. The van der Waals surface area contributed by atoms with Crippen molar-refractivity contribution < 1.29 is 13.9 Å². The molecule has 1 aliphatic rings. The van der Waals surface area contributed by atoms with Crippen molar-refractivity contribution in [1.29, 1.82) is 0 Å². The third-order valence-corrected chi connectivity index (χ3v) is 4.15. The van der Waals surface area contributed by atoms with Crippen molar-refractivity contribution in [2.24, 2.45) is 0 Å². The van der Waals surface area contributed by atoms with Gasteiger partial charge < -0.3 is 14.8 Å². The summed E-state index contributed by atoms with van der Waals surface area (Å²) in [5.74, 6) is 1.07. The average molecular weight is 318 g/mol. The van der Waals surface area contributed by atoms with E-state index in [-0.39, 0.29) is 5.82 Å². The van der Waals surface area contributed by atoms with Gasteiger partial charge in [0.1, 0.15) is 5.82 Å². The van der Waals surface area contributed by atoms with Crippen LogP contribution in [0.25, 0.3) is 0 Å². The van der Waals surface area contributed by atoms with E-state index in [1.54, 1.807) is 7.11 Å². The molecular weight excluding hydrogens is 301 g/mol. The molecule has 0 atom stereocenters. The molecule has 1 aromatic carbocycles. The van der Waals surface area contributed by atoms with E-state index < -0.39 is 0 Å². The van der Waals surface area contributed by atoms with E-state index in [9.17, 15) is 4.39 Å². The molecule has 1 aromatic rings. The number of nitrogens with one attached hydrogen (secondary N) is 1. The van der Waals surface area contributed by atoms with Crippen molar-refractivity contribution in [2.45, 2.75) is 18.8 Å². The van der Waals surface area contributed by atoms with Crippen LogP contribution in [0.3, 0.4) is 0 Å². The molecule has 18 heavy (non-hydrogen) atoms. The van der Waals surface area contributed by atoms with Gasteiger partial charge in [0, 0.05) is 11.6 Å². The zero-order valence-electron chi connectivity index (χ0n) is 10.6. The lowest BCUT2D eigenvalue weighted by Gasteiger charge is -2.26. The average Bonchev–Trinajstić information content (AvgIpc) is 2.42. The topological polar surface area (TPSA) is 30.5 Å². The Morgan fingerprint density at radius 2 is 1.94 bits per heavy atom.